The number of nitrogens with one attached hydrogen (secondary N) is 1. The Balaban J connectivity index is 1.78. The van der Waals surface area contributed by atoms with Crippen molar-refractivity contribution in [2.45, 2.75) is 32.4 Å². The molecule has 0 saturated carbocycles. The fourth-order valence-corrected chi connectivity index (χ4v) is 2.56. The van der Waals surface area contributed by atoms with E-state index in [1.165, 1.54) is 25.5 Å². The zero-order valence-corrected chi connectivity index (χ0v) is 10.5. The van der Waals surface area contributed by atoms with Crippen LogP contribution in [0.4, 0.5) is 4.39 Å². The molecule has 1 fully saturated rings. The number of hydrogen-bond acceptors (Lipinski definition) is 2. The first-order chi connectivity index (χ1) is 8.31. The summed E-state index contributed by atoms with van der Waals surface area (Å²) >= 11 is 0. The fourth-order valence-electron chi connectivity index (χ4n) is 2.56. The van der Waals surface area contributed by atoms with Gasteiger partial charge < -0.3 is 5.32 Å². The lowest BCUT2D eigenvalue weighted by atomic mass is 10.2. The van der Waals surface area contributed by atoms with E-state index in [4.69, 9.17) is 0 Å². The van der Waals surface area contributed by atoms with Crippen molar-refractivity contribution in [3.05, 3.63) is 35.6 Å². The standard InChI is InChI=1S/C14H21FN2/c1-2-17-9-5-7-13(17)11-16-10-12-6-3-4-8-14(12)15/h3-4,6,8,13,16H,2,5,7,9-11H2,1H3/t13-/m0/s1. The largest absolute Gasteiger partial charge is 0.311 e. The van der Waals surface area contributed by atoms with Crippen LogP contribution in [0.2, 0.25) is 0 Å². The molecule has 0 bridgehead atoms. The molecule has 1 saturated heterocycles. The molecule has 1 N–H and O–H groups in total. The molecule has 94 valence electrons. The van der Waals surface area contributed by atoms with Crippen molar-refractivity contribution in [2.24, 2.45) is 0 Å². The van der Waals surface area contributed by atoms with Crippen LogP contribution < -0.4 is 5.32 Å². The van der Waals surface area contributed by atoms with Crippen molar-refractivity contribution in [3.8, 4) is 0 Å². The molecule has 1 aromatic rings. The van der Waals surface area contributed by atoms with E-state index in [1.54, 1.807) is 6.07 Å². The van der Waals surface area contributed by atoms with Crippen LogP contribution in [0.25, 0.3) is 0 Å². The summed E-state index contributed by atoms with van der Waals surface area (Å²) in [5.74, 6) is -0.112. The van der Waals surface area contributed by atoms with Crippen molar-refractivity contribution in [2.75, 3.05) is 19.6 Å². The Labute approximate surface area is 103 Å². The third-order valence-electron chi connectivity index (χ3n) is 3.56. The van der Waals surface area contributed by atoms with E-state index in [9.17, 15) is 4.39 Å². The number of nitrogens with zero attached hydrogens (tertiary/aromatic N) is 1. The molecule has 2 nitrogen and oxygen atoms in total. The Morgan fingerprint density at radius 1 is 1.41 bits per heavy atom. The quantitative estimate of drug-likeness (QED) is 0.844. The smallest absolute Gasteiger partial charge is 0.127 e. The van der Waals surface area contributed by atoms with Gasteiger partial charge in [0.15, 0.2) is 0 Å². The Bertz CT molecular complexity index is 354. The van der Waals surface area contributed by atoms with Crippen LogP contribution in [-0.4, -0.2) is 30.6 Å². The molecule has 2 rings (SSSR count). The molecule has 0 spiro atoms. The van der Waals surface area contributed by atoms with Crippen LogP contribution in [0.5, 0.6) is 0 Å². The minimum atomic E-state index is -0.112. The first-order valence-electron chi connectivity index (χ1n) is 6.49. The van der Waals surface area contributed by atoms with E-state index in [1.807, 2.05) is 12.1 Å². The van der Waals surface area contributed by atoms with Crippen LogP contribution in [0.3, 0.4) is 0 Å². The molecule has 0 unspecified atom stereocenters. The monoisotopic (exact) mass is 236 g/mol. The van der Waals surface area contributed by atoms with Crippen molar-refractivity contribution in [1.82, 2.24) is 10.2 Å². The van der Waals surface area contributed by atoms with Gasteiger partial charge in [0.2, 0.25) is 0 Å². The number of likely N-dealkylation sites (tertiary alicyclic amines) is 1. The first kappa shape index (κ1) is 12.5. The summed E-state index contributed by atoms with van der Waals surface area (Å²) in [6.07, 6.45) is 2.55. The summed E-state index contributed by atoms with van der Waals surface area (Å²) in [5, 5.41) is 3.37. The highest BCUT2D eigenvalue weighted by Gasteiger charge is 2.22. The predicted octanol–water partition coefficient (Wildman–Crippen LogP) is 2.40. The van der Waals surface area contributed by atoms with Gasteiger partial charge >= 0.3 is 0 Å². The molecule has 0 amide bonds. The molecule has 0 radical (unpaired) electrons. The Kier molecular flexibility index (Phi) is 4.51. The highest BCUT2D eigenvalue weighted by molar-refractivity contribution is 5.16. The Morgan fingerprint density at radius 3 is 3.00 bits per heavy atom. The molecule has 0 aromatic heterocycles. The van der Waals surface area contributed by atoms with Crippen LogP contribution in [0, 0.1) is 5.82 Å². The van der Waals surface area contributed by atoms with Gasteiger partial charge in [-0.3, -0.25) is 4.90 Å². The molecule has 1 atom stereocenters. The number of halogens is 1. The van der Waals surface area contributed by atoms with Gasteiger partial charge in [0.25, 0.3) is 0 Å². The fraction of sp³-hybridized carbons (Fsp3) is 0.571. The van der Waals surface area contributed by atoms with Crippen molar-refractivity contribution >= 4 is 0 Å². The van der Waals surface area contributed by atoms with Gasteiger partial charge in [0.05, 0.1) is 0 Å². The third-order valence-corrected chi connectivity index (χ3v) is 3.56. The summed E-state index contributed by atoms with van der Waals surface area (Å²) in [6.45, 7) is 6.12. The topological polar surface area (TPSA) is 15.3 Å². The Hall–Kier alpha value is -0.930. The first-order valence-corrected chi connectivity index (χ1v) is 6.49. The van der Waals surface area contributed by atoms with Gasteiger partial charge in [-0.15, -0.1) is 0 Å². The van der Waals surface area contributed by atoms with Gasteiger partial charge in [-0.2, -0.15) is 0 Å². The summed E-state index contributed by atoms with van der Waals surface area (Å²) < 4.78 is 13.4. The lowest BCUT2D eigenvalue weighted by Gasteiger charge is -2.23. The molecule has 0 aliphatic carbocycles. The van der Waals surface area contributed by atoms with Crippen molar-refractivity contribution in [3.63, 3.8) is 0 Å². The van der Waals surface area contributed by atoms with E-state index < -0.39 is 0 Å². The number of likely N-dealkylation sites (N-methyl/N-ethyl adjacent to an activating group) is 1. The van der Waals surface area contributed by atoms with E-state index in [2.05, 4.69) is 17.1 Å². The highest BCUT2D eigenvalue weighted by Crippen LogP contribution is 2.15. The summed E-state index contributed by atoms with van der Waals surface area (Å²) in [4.78, 5) is 2.49. The zero-order chi connectivity index (χ0) is 12.1. The molecule has 1 aromatic carbocycles. The van der Waals surface area contributed by atoms with Crippen molar-refractivity contribution in [1.29, 1.82) is 0 Å². The number of rotatable bonds is 5. The molecular weight excluding hydrogens is 215 g/mol. The Morgan fingerprint density at radius 2 is 2.24 bits per heavy atom. The molecule has 1 aliphatic heterocycles. The van der Waals surface area contributed by atoms with E-state index in [0.29, 0.717) is 12.6 Å². The molecule has 1 heterocycles. The van der Waals surface area contributed by atoms with E-state index in [0.717, 1.165) is 18.7 Å². The number of hydrogen-bond donors (Lipinski definition) is 1. The summed E-state index contributed by atoms with van der Waals surface area (Å²) in [7, 11) is 0. The highest BCUT2D eigenvalue weighted by atomic mass is 19.1. The van der Waals surface area contributed by atoms with Gasteiger partial charge in [-0.25, -0.2) is 4.39 Å². The molecule has 3 heteroatoms. The van der Waals surface area contributed by atoms with Crippen LogP contribution >= 0.6 is 0 Å². The van der Waals surface area contributed by atoms with Crippen LogP contribution in [-0.2, 0) is 6.54 Å². The third kappa shape index (κ3) is 3.27. The molecule has 1 aliphatic rings. The maximum Gasteiger partial charge on any atom is 0.127 e. The summed E-state index contributed by atoms with van der Waals surface area (Å²) in [6, 6.07) is 7.61. The minimum Gasteiger partial charge on any atom is -0.311 e. The van der Waals surface area contributed by atoms with Gasteiger partial charge in [-0.05, 0) is 32.0 Å². The lowest BCUT2D eigenvalue weighted by Crippen LogP contribution is -2.37. The van der Waals surface area contributed by atoms with Crippen molar-refractivity contribution < 1.29 is 4.39 Å². The SMILES string of the molecule is CCN1CCC[C@H]1CNCc1ccccc1F. The van der Waals surface area contributed by atoms with E-state index in [-0.39, 0.29) is 5.82 Å². The molecule has 17 heavy (non-hydrogen) atoms. The average Bonchev–Trinajstić information content (AvgIpc) is 2.79. The van der Waals surface area contributed by atoms with Gasteiger partial charge in [0.1, 0.15) is 5.82 Å². The summed E-state index contributed by atoms with van der Waals surface area (Å²) in [5.41, 5.74) is 0.758. The van der Waals surface area contributed by atoms with Crippen LogP contribution in [0.1, 0.15) is 25.3 Å². The minimum absolute atomic E-state index is 0.112. The van der Waals surface area contributed by atoms with Gasteiger partial charge in [0, 0.05) is 24.7 Å². The lowest BCUT2D eigenvalue weighted by molar-refractivity contribution is 0.259. The number of benzene rings is 1. The average molecular weight is 236 g/mol. The van der Waals surface area contributed by atoms with Crippen LogP contribution in [0.15, 0.2) is 24.3 Å². The maximum atomic E-state index is 13.4. The predicted molar refractivity (Wildman–Crippen MR) is 68.4 cm³/mol. The van der Waals surface area contributed by atoms with Gasteiger partial charge in [-0.1, -0.05) is 25.1 Å². The second kappa shape index (κ2) is 6.12. The van der Waals surface area contributed by atoms with E-state index >= 15 is 0 Å². The second-order valence-electron chi connectivity index (χ2n) is 4.65. The normalized spacial score (nSPS) is 20.9. The second-order valence-corrected chi connectivity index (χ2v) is 4.65. The maximum absolute atomic E-state index is 13.4. The molecular formula is C14H21FN2. The zero-order valence-electron chi connectivity index (χ0n) is 10.5.